The van der Waals surface area contributed by atoms with Crippen LogP contribution in [0.3, 0.4) is 0 Å². The minimum atomic E-state index is 0.783. The molecule has 1 aliphatic rings. The van der Waals surface area contributed by atoms with Crippen molar-refractivity contribution < 1.29 is 0 Å². The first-order valence-electron chi connectivity index (χ1n) is 6.95. The second-order valence-electron chi connectivity index (χ2n) is 5.14. The molecule has 0 aliphatic heterocycles. The lowest BCUT2D eigenvalue weighted by Gasteiger charge is -2.21. The lowest BCUT2D eigenvalue weighted by molar-refractivity contribution is 0.335. The van der Waals surface area contributed by atoms with Gasteiger partial charge in [-0.05, 0) is 31.0 Å². The highest BCUT2D eigenvalue weighted by Gasteiger charge is 2.14. The van der Waals surface area contributed by atoms with E-state index >= 15 is 0 Å². The predicted octanol–water partition coefficient (Wildman–Crippen LogP) is 3.86. The molecule has 96 valence electrons. The molecule has 0 atom stereocenters. The van der Waals surface area contributed by atoms with Gasteiger partial charge in [-0.25, -0.2) is 0 Å². The first-order valence-corrected chi connectivity index (χ1v) is 7.36. The van der Waals surface area contributed by atoms with Crippen molar-refractivity contribution in [3.63, 3.8) is 0 Å². The fourth-order valence-electron chi connectivity index (χ4n) is 2.80. The Bertz CT molecular complexity index is 388. The molecule has 0 amide bonds. The van der Waals surface area contributed by atoms with Gasteiger partial charge in [0.15, 0.2) is 4.77 Å². The fraction of sp³-hybridized carbons (Fsp3) is 0.846. The molecule has 1 saturated carbocycles. The van der Waals surface area contributed by atoms with E-state index in [4.69, 9.17) is 12.2 Å². The van der Waals surface area contributed by atoms with Gasteiger partial charge in [0.05, 0.1) is 0 Å². The van der Waals surface area contributed by atoms with Gasteiger partial charge >= 0.3 is 0 Å². The zero-order valence-corrected chi connectivity index (χ0v) is 11.6. The highest BCUT2D eigenvalue weighted by Crippen LogP contribution is 2.27. The zero-order valence-electron chi connectivity index (χ0n) is 10.7. The van der Waals surface area contributed by atoms with Crippen LogP contribution in [-0.4, -0.2) is 14.8 Å². The normalized spacial score (nSPS) is 17.5. The van der Waals surface area contributed by atoms with Gasteiger partial charge in [0, 0.05) is 13.0 Å². The maximum absolute atomic E-state index is 5.25. The molecule has 4 heteroatoms. The summed E-state index contributed by atoms with van der Waals surface area (Å²) in [5.74, 6) is 2.08. The zero-order chi connectivity index (χ0) is 12.1. The van der Waals surface area contributed by atoms with E-state index in [1.54, 1.807) is 0 Å². The third kappa shape index (κ3) is 3.41. The number of nitrogens with zero attached hydrogens (tertiary/aromatic N) is 2. The average molecular weight is 253 g/mol. The third-order valence-corrected chi connectivity index (χ3v) is 4.10. The Balaban J connectivity index is 1.91. The fourth-order valence-corrected chi connectivity index (χ4v) is 3.05. The van der Waals surface area contributed by atoms with Gasteiger partial charge in [-0.3, -0.25) is 5.10 Å². The summed E-state index contributed by atoms with van der Waals surface area (Å²) in [6.45, 7) is 3.18. The van der Waals surface area contributed by atoms with E-state index < -0.39 is 0 Å². The Morgan fingerprint density at radius 2 is 2.12 bits per heavy atom. The minimum Gasteiger partial charge on any atom is -0.304 e. The molecule has 2 rings (SSSR count). The molecule has 1 heterocycles. The molecule has 0 spiro atoms. The second-order valence-corrected chi connectivity index (χ2v) is 5.53. The molecule has 17 heavy (non-hydrogen) atoms. The van der Waals surface area contributed by atoms with Crippen LogP contribution >= 0.6 is 12.2 Å². The van der Waals surface area contributed by atoms with Crippen molar-refractivity contribution in [1.29, 1.82) is 0 Å². The number of rotatable bonds is 5. The summed E-state index contributed by atoms with van der Waals surface area (Å²) in [4.78, 5) is 0. The Labute approximate surface area is 109 Å². The third-order valence-electron chi connectivity index (χ3n) is 3.79. The standard InChI is InChI=1S/C13H23N3S/c1-2-10-16-12(14-15-13(16)17)9-8-11-6-4-3-5-7-11/h11H,2-10H2,1H3,(H,15,17). The van der Waals surface area contributed by atoms with Crippen LogP contribution in [0, 0.1) is 10.7 Å². The summed E-state index contributed by atoms with van der Waals surface area (Å²) in [6.07, 6.45) is 10.6. The van der Waals surface area contributed by atoms with E-state index in [0.29, 0.717) is 0 Å². The molecule has 0 aromatic carbocycles. The first-order chi connectivity index (χ1) is 8.31. The van der Waals surface area contributed by atoms with E-state index in [2.05, 4.69) is 21.7 Å². The van der Waals surface area contributed by atoms with Gasteiger partial charge in [-0.15, -0.1) is 0 Å². The van der Waals surface area contributed by atoms with Crippen molar-refractivity contribution >= 4 is 12.2 Å². The van der Waals surface area contributed by atoms with Gasteiger partial charge in [0.25, 0.3) is 0 Å². The van der Waals surface area contributed by atoms with Crippen LogP contribution in [-0.2, 0) is 13.0 Å². The SMILES string of the molecule is CCCn1c(CCC2CCCCC2)n[nH]c1=S. The lowest BCUT2D eigenvalue weighted by atomic mass is 9.86. The maximum Gasteiger partial charge on any atom is 0.195 e. The second kappa shape index (κ2) is 6.34. The van der Waals surface area contributed by atoms with Gasteiger partial charge < -0.3 is 4.57 Å². The van der Waals surface area contributed by atoms with E-state index in [1.807, 2.05) is 0 Å². The molecule has 0 unspecified atom stereocenters. The number of aryl methyl sites for hydroxylation is 1. The number of aromatic amines is 1. The van der Waals surface area contributed by atoms with Crippen molar-refractivity contribution in [3.8, 4) is 0 Å². The Kier molecular flexibility index (Phi) is 4.77. The Morgan fingerprint density at radius 3 is 2.82 bits per heavy atom. The summed E-state index contributed by atoms with van der Waals surface area (Å²) in [6, 6.07) is 0. The summed E-state index contributed by atoms with van der Waals surface area (Å²) < 4.78 is 2.95. The predicted molar refractivity (Wildman–Crippen MR) is 72.6 cm³/mol. The van der Waals surface area contributed by atoms with Gasteiger partial charge in [0.2, 0.25) is 0 Å². The van der Waals surface area contributed by atoms with Crippen molar-refractivity contribution in [2.24, 2.45) is 5.92 Å². The van der Waals surface area contributed by atoms with Crippen LogP contribution in [0.5, 0.6) is 0 Å². The van der Waals surface area contributed by atoms with Crippen LogP contribution in [0.4, 0.5) is 0 Å². The van der Waals surface area contributed by atoms with E-state index in [-0.39, 0.29) is 0 Å². The minimum absolute atomic E-state index is 0.783. The molecular formula is C13H23N3S. The lowest BCUT2D eigenvalue weighted by Crippen LogP contribution is -2.10. The summed E-state index contributed by atoms with van der Waals surface area (Å²) in [5, 5.41) is 7.29. The van der Waals surface area contributed by atoms with Crippen molar-refractivity contribution in [1.82, 2.24) is 14.8 Å². The average Bonchev–Trinajstić information content (AvgIpc) is 2.70. The molecule has 1 aliphatic carbocycles. The Hall–Kier alpha value is -0.640. The van der Waals surface area contributed by atoms with Crippen LogP contribution in [0.2, 0.25) is 0 Å². The molecule has 1 aromatic heterocycles. The molecule has 3 nitrogen and oxygen atoms in total. The first kappa shape index (κ1) is 12.8. The topological polar surface area (TPSA) is 33.6 Å². The van der Waals surface area contributed by atoms with Gasteiger partial charge in [0.1, 0.15) is 5.82 Å². The van der Waals surface area contributed by atoms with Crippen LogP contribution in [0.15, 0.2) is 0 Å². The van der Waals surface area contributed by atoms with Crippen LogP contribution in [0.25, 0.3) is 0 Å². The highest BCUT2D eigenvalue weighted by atomic mass is 32.1. The van der Waals surface area contributed by atoms with Crippen LogP contribution < -0.4 is 0 Å². The monoisotopic (exact) mass is 253 g/mol. The largest absolute Gasteiger partial charge is 0.304 e. The van der Waals surface area contributed by atoms with Gasteiger partial charge in [-0.2, -0.15) is 5.10 Å². The summed E-state index contributed by atoms with van der Waals surface area (Å²) in [7, 11) is 0. The van der Waals surface area contributed by atoms with E-state index in [1.165, 1.54) is 38.5 Å². The smallest absolute Gasteiger partial charge is 0.195 e. The van der Waals surface area contributed by atoms with E-state index in [9.17, 15) is 0 Å². The Morgan fingerprint density at radius 1 is 1.35 bits per heavy atom. The van der Waals surface area contributed by atoms with Crippen molar-refractivity contribution in [2.45, 2.75) is 64.8 Å². The summed E-state index contributed by atoms with van der Waals surface area (Å²) in [5.41, 5.74) is 0. The van der Waals surface area contributed by atoms with Crippen LogP contribution in [0.1, 0.15) is 57.7 Å². The molecule has 0 saturated heterocycles. The highest BCUT2D eigenvalue weighted by molar-refractivity contribution is 7.71. The molecule has 1 fully saturated rings. The molecule has 0 radical (unpaired) electrons. The molecule has 1 N–H and O–H groups in total. The molecule has 1 aromatic rings. The number of hydrogen-bond donors (Lipinski definition) is 1. The molecule has 0 bridgehead atoms. The molecular weight excluding hydrogens is 230 g/mol. The van der Waals surface area contributed by atoms with Crippen molar-refractivity contribution in [3.05, 3.63) is 10.6 Å². The quantitative estimate of drug-likeness (QED) is 0.808. The number of hydrogen-bond acceptors (Lipinski definition) is 2. The number of nitrogens with one attached hydrogen (secondary N) is 1. The number of aromatic nitrogens is 3. The number of H-pyrrole nitrogens is 1. The maximum atomic E-state index is 5.25. The van der Waals surface area contributed by atoms with Gasteiger partial charge in [-0.1, -0.05) is 39.0 Å². The van der Waals surface area contributed by atoms with E-state index in [0.717, 1.165) is 35.9 Å². The van der Waals surface area contributed by atoms with Crippen molar-refractivity contribution in [2.75, 3.05) is 0 Å². The summed E-state index contributed by atoms with van der Waals surface area (Å²) >= 11 is 5.25.